The Hall–Kier alpha value is -3.75. The molecule has 5 rings (SSSR count). The fourth-order valence-corrected chi connectivity index (χ4v) is 5.22. The minimum Gasteiger partial charge on any atom is -0.324 e. The summed E-state index contributed by atoms with van der Waals surface area (Å²) in [6.45, 7) is 5.19. The van der Waals surface area contributed by atoms with Crippen molar-refractivity contribution in [1.82, 2.24) is 14.9 Å². The van der Waals surface area contributed by atoms with E-state index in [0.29, 0.717) is 11.5 Å². The van der Waals surface area contributed by atoms with Crippen molar-refractivity contribution in [3.05, 3.63) is 95.4 Å². The molecule has 1 aliphatic heterocycles. The third-order valence-corrected chi connectivity index (χ3v) is 7.64. The van der Waals surface area contributed by atoms with Gasteiger partial charge < -0.3 is 10.6 Å². The van der Waals surface area contributed by atoms with E-state index in [9.17, 15) is 9.18 Å². The second-order valence-corrected chi connectivity index (χ2v) is 10.6. The number of piperidine rings is 1. The van der Waals surface area contributed by atoms with Crippen molar-refractivity contribution in [2.24, 2.45) is 0 Å². The number of carbonyl (C=O) groups is 1. The number of hydrogen-bond acceptors (Lipinski definition) is 6. The number of halogens is 1. The second kappa shape index (κ2) is 12.4. The lowest BCUT2D eigenvalue weighted by Crippen LogP contribution is -2.29. The summed E-state index contributed by atoms with van der Waals surface area (Å²) < 4.78 is 13.4. The molecule has 2 N–H and O–H groups in total. The van der Waals surface area contributed by atoms with E-state index in [4.69, 9.17) is 0 Å². The first kappa shape index (κ1) is 26.8. The number of hydrogen-bond donors (Lipinski definition) is 2. The van der Waals surface area contributed by atoms with Crippen LogP contribution in [-0.2, 0) is 6.54 Å². The zero-order valence-corrected chi connectivity index (χ0v) is 23.0. The largest absolute Gasteiger partial charge is 0.324 e. The molecule has 0 spiro atoms. The zero-order chi connectivity index (χ0) is 27.2. The van der Waals surface area contributed by atoms with Crippen molar-refractivity contribution in [2.45, 2.75) is 37.6 Å². The van der Waals surface area contributed by atoms with Crippen LogP contribution >= 0.6 is 11.8 Å². The Balaban J connectivity index is 1.26. The third kappa shape index (κ3) is 6.82. The van der Waals surface area contributed by atoms with E-state index in [-0.39, 0.29) is 11.7 Å². The summed E-state index contributed by atoms with van der Waals surface area (Å²) in [5.74, 6) is -0.0225. The monoisotopic (exact) mass is 541 g/mol. The molecule has 39 heavy (non-hydrogen) atoms. The van der Waals surface area contributed by atoms with Crippen LogP contribution in [0.5, 0.6) is 0 Å². The van der Waals surface area contributed by atoms with Gasteiger partial charge in [-0.25, -0.2) is 14.4 Å². The van der Waals surface area contributed by atoms with E-state index in [2.05, 4.69) is 43.7 Å². The maximum Gasteiger partial charge on any atom is 0.255 e. The van der Waals surface area contributed by atoms with Gasteiger partial charge in [0.25, 0.3) is 5.91 Å². The highest BCUT2D eigenvalue weighted by atomic mass is 32.2. The molecule has 8 heteroatoms. The smallest absolute Gasteiger partial charge is 0.255 e. The number of aromatic nitrogens is 2. The number of benzene rings is 3. The van der Waals surface area contributed by atoms with Crippen molar-refractivity contribution < 1.29 is 9.18 Å². The molecule has 0 saturated carbocycles. The highest BCUT2D eigenvalue weighted by molar-refractivity contribution is 7.98. The normalized spacial score (nSPS) is 13.7. The van der Waals surface area contributed by atoms with E-state index >= 15 is 0 Å². The van der Waals surface area contributed by atoms with Crippen LogP contribution in [0.4, 0.5) is 21.7 Å². The summed E-state index contributed by atoms with van der Waals surface area (Å²) in [6, 6.07) is 19.8. The van der Waals surface area contributed by atoms with Gasteiger partial charge in [-0.2, -0.15) is 0 Å². The third-order valence-electron chi connectivity index (χ3n) is 6.90. The minimum atomic E-state index is -0.290. The second-order valence-electron chi connectivity index (χ2n) is 9.76. The molecule has 1 saturated heterocycles. The SMILES string of the molecule is CSc1cnc(Nc2ccc(C(=O)Nc3cc(CN4CCCCC4)ccc3C)cc2)nc1-c1ccc(F)cc1. The highest BCUT2D eigenvalue weighted by Gasteiger charge is 2.14. The van der Waals surface area contributed by atoms with Gasteiger partial charge in [0, 0.05) is 35.2 Å². The van der Waals surface area contributed by atoms with Gasteiger partial charge in [0.1, 0.15) is 5.82 Å². The van der Waals surface area contributed by atoms with Crippen molar-refractivity contribution in [1.29, 1.82) is 0 Å². The number of amides is 1. The lowest BCUT2D eigenvalue weighted by atomic mass is 10.1. The number of rotatable bonds is 8. The van der Waals surface area contributed by atoms with Crippen molar-refractivity contribution in [3.8, 4) is 11.3 Å². The van der Waals surface area contributed by atoms with Gasteiger partial charge in [0.2, 0.25) is 5.95 Å². The lowest BCUT2D eigenvalue weighted by molar-refractivity contribution is 0.102. The standard InChI is InChI=1S/C31H32FN5OS/c1-21-6-7-22(20-37-16-4-3-5-17-37)18-27(21)35-30(38)24-10-14-26(15-11-24)34-31-33-19-28(39-2)29(36-31)23-8-12-25(32)13-9-23/h6-15,18-19H,3-5,16-17,20H2,1-2H3,(H,35,38)(H,33,34,36). The molecule has 1 aromatic heterocycles. The maximum atomic E-state index is 13.4. The van der Waals surface area contributed by atoms with Crippen LogP contribution in [0.2, 0.25) is 0 Å². The Morgan fingerprint density at radius 3 is 2.46 bits per heavy atom. The molecule has 2 heterocycles. The fraction of sp³-hybridized carbons (Fsp3) is 0.258. The Labute approximate surface area is 233 Å². The van der Waals surface area contributed by atoms with Crippen LogP contribution < -0.4 is 10.6 Å². The van der Waals surface area contributed by atoms with Crippen molar-refractivity contribution >= 4 is 35.0 Å². The van der Waals surface area contributed by atoms with Crippen LogP contribution in [0.3, 0.4) is 0 Å². The molecule has 1 amide bonds. The van der Waals surface area contributed by atoms with E-state index in [1.807, 2.05) is 25.3 Å². The molecule has 1 fully saturated rings. The quantitative estimate of drug-likeness (QED) is 0.228. The Morgan fingerprint density at radius 1 is 1.00 bits per heavy atom. The van der Waals surface area contributed by atoms with E-state index in [0.717, 1.165) is 52.7 Å². The number of likely N-dealkylation sites (tertiary alicyclic amines) is 1. The van der Waals surface area contributed by atoms with Gasteiger partial charge in [-0.3, -0.25) is 9.69 Å². The number of thioether (sulfide) groups is 1. The summed E-state index contributed by atoms with van der Waals surface area (Å²) in [6.07, 6.45) is 7.53. The summed E-state index contributed by atoms with van der Waals surface area (Å²) in [4.78, 5) is 25.5. The summed E-state index contributed by atoms with van der Waals surface area (Å²) in [5, 5.41) is 6.29. The molecule has 1 aliphatic rings. The number of carbonyl (C=O) groups excluding carboxylic acids is 1. The first-order chi connectivity index (χ1) is 19.0. The van der Waals surface area contributed by atoms with Gasteiger partial charge in [-0.1, -0.05) is 18.6 Å². The zero-order valence-electron chi connectivity index (χ0n) is 22.2. The molecular formula is C31H32FN5OS. The van der Waals surface area contributed by atoms with Gasteiger partial charge in [0.15, 0.2) is 0 Å². The number of anilines is 3. The number of nitrogens with one attached hydrogen (secondary N) is 2. The first-order valence-electron chi connectivity index (χ1n) is 13.2. The van der Waals surface area contributed by atoms with E-state index in [1.165, 1.54) is 48.7 Å². The van der Waals surface area contributed by atoms with E-state index in [1.54, 1.807) is 30.5 Å². The summed E-state index contributed by atoms with van der Waals surface area (Å²) >= 11 is 1.53. The average Bonchev–Trinajstić information content (AvgIpc) is 2.96. The van der Waals surface area contributed by atoms with Gasteiger partial charge in [-0.05, 0) is 105 Å². The molecule has 0 aliphatic carbocycles. The molecule has 200 valence electrons. The Kier molecular flexibility index (Phi) is 8.54. The molecule has 6 nitrogen and oxygen atoms in total. The van der Waals surface area contributed by atoms with Crippen LogP contribution in [0.25, 0.3) is 11.3 Å². The van der Waals surface area contributed by atoms with Crippen molar-refractivity contribution in [2.75, 3.05) is 30.0 Å². The maximum absolute atomic E-state index is 13.4. The van der Waals surface area contributed by atoms with Crippen LogP contribution in [-0.4, -0.2) is 40.1 Å². The summed E-state index contributed by atoms with van der Waals surface area (Å²) in [7, 11) is 0. The molecular weight excluding hydrogens is 509 g/mol. The Morgan fingerprint density at radius 2 is 1.74 bits per heavy atom. The first-order valence-corrected chi connectivity index (χ1v) is 14.4. The van der Waals surface area contributed by atoms with Crippen LogP contribution in [0.1, 0.15) is 40.7 Å². The van der Waals surface area contributed by atoms with Gasteiger partial charge >= 0.3 is 0 Å². The number of aryl methyl sites for hydroxylation is 1. The Bertz CT molecular complexity index is 1440. The van der Waals surface area contributed by atoms with Gasteiger partial charge in [0.05, 0.1) is 10.6 Å². The average molecular weight is 542 g/mol. The van der Waals surface area contributed by atoms with Crippen LogP contribution in [0.15, 0.2) is 77.8 Å². The van der Waals surface area contributed by atoms with Crippen molar-refractivity contribution in [3.63, 3.8) is 0 Å². The topological polar surface area (TPSA) is 70.2 Å². The summed E-state index contributed by atoms with van der Waals surface area (Å²) in [5.41, 5.74) is 5.95. The molecule has 3 aromatic carbocycles. The van der Waals surface area contributed by atoms with Gasteiger partial charge in [-0.15, -0.1) is 11.8 Å². The lowest BCUT2D eigenvalue weighted by Gasteiger charge is -2.26. The molecule has 0 bridgehead atoms. The predicted octanol–water partition coefficient (Wildman–Crippen LogP) is 7.29. The fourth-order valence-electron chi connectivity index (χ4n) is 4.70. The molecule has 0 atom stereocenters. The predicted molar refractivity (Wildman–Crippen MR) is 157 cm³/mol. The number of nitrogens with zero attached hydrogens (tertiary/aromatic N) is 3. The highest BCUT2D eigenvalue weighted by Crippen LogP contribution is 2.29. The molecule has 0 unspecified atom stereocenters. The minimum absolute atomic E-state index is 0.154. The van der Waals surface area contributed by atoms with Crippen LogP contribution in [0, 0.1) is 12.7 Å². The molecule has 0 radical (unpaired) electrons. The van der Waals surface area contributed by atoms with E-state index < -0.39 is 0 Å². The molecule has 4 aromatic rings.